The van der Waals surface area contributed by atoms with Crippen LogP contribution in [0.15, 0.2) is 77.7 Å². The molecular formula is C27H32N2O4S. The number of carbonyl (C=O) groups is 1. The Kier molecular flexibility index (Phi) is 8.71. The maximum absolute atomic E-state index is 13.5. The van der Waals surface area contributed by atoms with E-state index in [1.165, 1.54) is 4.31 Å². The molecule has 0 aliphatic rings. The zero-order valence-corrected chi connectivity index (χ0v) is 20.8. The zero-order chi connectivity index (χ0) is 24.6. The summed E-state index contributed by atoms with van der Waals surface area (Å²) in [5.41, 5.74) is 3.29. The molecule has 0 saturated carbocycles. The van der Waals surface area contributed by atoms with Crippen LogP contribution in [0.2, 0.25) is 0 Å². The molecular weight excluding hydrogens is 448 g/mol. The van der Waals surface area contributed by atoms with Crippen LogP contribution in [0, 0.1) is 13.8 Å². The van der Waals surface area contributed by atoms with Crippen LogP contribution in [-0.2, 0) is 21.2 Å². The molecule has 0 saturated heterocycles. The van der Waals surface area contributed by atoms with E-state index >= 15 is 0 Å². The van der Waals surface area contributed by atoms with E-state index < -0.39 is 10.0 Å². The average Bonchev–Trinajstić information content (AvgIpc) is 2.83. The molecule has 6 nitrogen and oxygen atoms in total. The average molecular weight is 481 g/mol. The first-order chi connectivity index (χ1) is 16.3. The van der Waals surface area contributed by atoms with E-state index in [1.54, 1.807) is 36.4 Å². The summed E-state index contributed by atoms with van der Waals surface area (Å²) in [6.45, 7) is 6.43. The number of carbonyl (C=O) groups excluding carboxylic acids is 1. The lowest BCUT2D eigenvalue weighted by Gasteiger charge is -2.26. The van der Waals surface area contributed by atoms with Crippen molar-refractivity contribution in [1.82, 2.24) is 5.32 Å². The quantitative estimate of drug-likeness (QED) is 0.406. The summed E-state index contributed by atoms with van der Waals surface area (Å²) in [6.07, 6.45) is 1.46. The van der Waals surface area contributed by atoms with Gasteiger partial charge in [-0.3, -0.25) is 9.10 Å². The normalized spacial score (nSPS) is 11.1. The van der Waals surface area contributed by atoms with Gasteiger partial charge in [0.1, 0.15) is 12.3 Å². The minimum Gasteiger partial charge on any atom is -0.494 e. The zero-order valence-electron chi connectivity index (χ0n) is 20.0. The summed E-state index contributed by atoms with van der Waals surface area (Å²) in [6, 6.07) is 21.6. The van der Waals surface area contributed by atoms with E-state index in [9.17, 15) is 13.2 Å². The summed E-state index contributed by atoms with van der Waals surface area (Å²) in [4.78, 5) is 13.0. The number of para-hydroxylation sites is 1. The topological polar surface area (TPSA) is 75.7 Å². The van der Waals surface area contributed by atoms with Crippen LogP contribution in [0.25, 0.3) is 0 Å². The molecule has 1 amide bonds. The van der Waals surface area contributed by atoms with Gasteiger partial charge in [-0.15, -0.1) is 0 Å². The highest BCUT2D eigenvalue weighted by molar-refractivity contribution is 7.92. The van der Waals surface area contributed by atoms with Crippen molar-refractivity contribution in [3.8, 4) is 5.75 Å². The first-order valence-corrected chi connectivity index (χ1v) is 12.9. The van der Waals surface area contributed by atoms with Crippen molar-refractivity contribution in [2.45, 2.75) is 38.5 Å². The molecule has 3 aromatic rings. The third-order valence-corrected chi connectivity index (χ3v) is 7.24. The molecule has 0 heterocycles. The van der Waals surface area contributed by atoms with Gasteiger partial charge in [-0.25, -0.2) is 8.42 Å². The van der Waals surface area contributed by atoms with Gasteiger partial charge in [0.15, 0.2) is 0 Å². The lowest BCUT2D eigenvalue weighted by molar-refractivity contribution is -0.119. The number of anilines is 1. The van der Waals surface area contributed by atoms with Crippen molar-refractivity contribution in [2.24, 2.45) is 0 Å². The fourth-order valence-corrected chi connectivity index (χ4v) is 5.21. The number of aryl methyl sites for hydroxylation is 3. The van der Waals surface area contributed by atoms with Gasteiger partial charge in [-0.1, -0.05) is 48.5 Å². The van der Waals surface area contributed by atoms with Crippen LogP contribution in [0.1, 0.15) is 30.0 Å². The van der Waals surface area contributed by atoms with Crippen LogP contribution in [-0.4, -0.2) is 34.0 Å². The largest absolute Gasteiger partial charge is 0.494 e. The smallest absolute Gasteiger partial charge is 0.264 e. The number of ether oxygens (including phenoxy) is 1. The molecule has 34 heavy (non-hydrogen) atoms. The SMILES string of the molecule is CCOc1ccccc1CCCNC(=O)CN(c1cc(C)ccc1C)S(=O)(=O)c1ccccc1. The van der Waals surface area contributed by atoms with Gasteiger partial charge in [-0.2, -0.15) is 0 Å². The Labute approximate surface area is 202 Å². The molecule has 1 N–H and O–H groups in total. The second kappa shape index (κ2) is 11.7. The van der Waals surface area contributed by atoms with Crippen LogP contribution >= 0.6 is 0 Å². The maximum atomic E-state index is 13.5. The molecule has 0 fully saturated rings. The molecule has 0 aliphatic carbocycles. The predicted octanol–water partition coefficient (Wildman–Crippen LogP) is 4.65. The Balaban J connectivity index is 1.72. The Morgan fingerprint density at radius 2 is 1.68 bits per heavy atom. The van der Waals surface area contributed by atoms with Crippen molar-refractivity contribution < 1.29 is 17.9 Å². The number of benzene rings is 3. The van der Waals surface area contributed by atoms with Crippen molar-refractivity contribution in [1.29, 1.82) is 0 Å². The number of nitrogens with one attached hydrogen (secondary N) is 1. The summed E-state index contributed by atoms with van der Waals surface area (Å²) < 4.78 is 33.8. The summed E-state index contributed by atoms with van der Waals surface area (Å²) in [5, 5.41) is 2.88. The molecule has 3 aromatic carbocycles. The maximum Gasteiger partial charge on any atom is 0.264 e. The fraction of sp³-hybridized carbons (Fsp3) is 0.296. The third-order valence-electron chi connectivity index (χ3n) is 5.47. The summed E-state index contributed by atoms with van der Waals surface area (Å²) >= 11 is 0. The number of amides is 1. The van der Waals surface area contributed by atoms with Crippen molar-refractivity contribution >= 4 is 21.6 Å². The molecule has 0 aliphatic heterocycles. The second-order valence-corrected chi connectivity index (χ2v) is 9.97. The first-order valence-electron chi connectivity index (χ1n) is 11.5. The molecule has 0 spiro atoms. The van der Waals surface area contributed by atoms with Gasteiger partial charge < -0.3 is 10.1 Å². The summed E-state index contributed by atoms with van der Waals surface area (Å²) in [7, 11) is -3.92. The van der Waals surface area contributed by atoms with Gasteiger partial charge in [-0.05, 0) is 74.6 Å². The van der Waals surface area contributed by atoms with Gasteiger partial charge in [0, 0.05) is 6.54 Å². The van der Waals surface area contributed by atoms with Gasteiger partial charge in [0.25, 0.3) is 10.0 Å². The number of hydrogen-bond donors (Lipinski definition) is 1. The van der Waals surface area contributed by atoms with Crippen LogP contribution in [0.5, 0.6) is 5.75 Å². The standard InChI is InChI=1S/C27H32N2O4S/c1-4-33-26-15-9-8-11-23(26)12-10-18-28-27(30)20-29(25-19-21(2)16-17-22(25)3)34(31,32)24-13-6-5-7-14-24/h5-9,11,13-17,19H,4,10,12,18,20H2,1-3H3,(H,28,30). The van der Waals surface area contributed by atoms with Gasteiger partial charge in [0.05, 0.1) is 17.2 Å². The molecule has 7 heteroatoms. The second-order valence-electron chi connectivity index (χ2n) is 8.11. The first kappa shape index (κ1) is 25.3. The van der Waals surface area contributed by atoms with E-state index in [4.69, 9.17) is 4.74 Å². The molecule has 0 atom stereocenters. The lowest BCUT2D eigenvalue weighted by atomic mass is 10.1. The molecule has 0 bridgehead atoms. The summed E-state index contributed by atoms with van der Waals surface area (Å²) in [5.74, 6) is 0.505. The Bertz CT molecular complexity index is 1210. The minimum atomic E-state index is -3.92. The highest BCUT2D eigenvalue weighted by atomic mass is 32.2. The van der Waals surface area contributed by atoms with Crippen molar-refractivity contribution in [3.05, 3.63) is 89.5 Å². The van der Waals surface area contributed by atoms with E-state index in [-0.39, 0.29) is 17.3 Å². The van der Waals surface area contributed by atoms with Crippen LogP contribution < -0.4 is 14.4 Å². The Hall–Kier alpha value is -3.32. The number of hydrogen-bond acceptors (Lipinski definition) is 4. The minimum absolute atomic E-state index is 0.149. The molecule has 180 valence electrons. The van der Waals surface area contributed by atoms with Crippen molar-refractivity contribution in [3.63, 3.8) is 0 Å². The van der Waals surface area contributed by atoms with Crippen molar-refractivity contribution in [2.75, 3.05) is 24.0 Å². The molecule has 0 radical (unpaired) electrons. The molecule has 0 unspecified atom stereocenters. The lowest BCUT2D eigenvalue weighted by Crippen LogP contribution is -2.41. The number of sulfonamides is 1. The van der Waals surface area contributed by atoms with E-state index in [1.807, 2.05) is 57.2 Å². The Morgan fingerprint density at radius 1 is 0.971 bits per heavy atom. The third kappa shape index (κ3) is 6.38. The van der Waals surface area contributed by atoms with E-state index in [0.29, 0.717) is 25.3 Å². The highest BCUT2D eigenvalue weighted by Gasteiger charge is 2.28. The van der Waals surface area contributed by atoms with E-state index in [0.717, 1.165) is 28.9 Å². The molecule has 0 aromatic heterocycles. The van der Waals surface area contributed by atoms with E-state index in [2.05, 4.69) is 5.32 Å². The number of rotatable bonds is 11. The molecule has 3 rings (SSSR count). The van der Waals surface area contributed by atoms with Gasteiger partial charge >= 0.3 is 0 Å². The number of nitrogens with zero attached hydrogens (tertiary/aromatic N) is 1. The van der Waals surface area contributed by atoms with Gasteiger partial charge in [0.2, 0.25) is 5.91 Å². The van der Waals surface area contributed by atoms with Crippen LogP contribution in [0.4, 0.5) is 5.69 Å². The Morgan fingerprint density at radius 3 is 2.41 bits per heavy atom. The fourth-order valence-electron chi connectivity index (χ4n) is 3.71. The monoisotopic (exact) mass is 480 g/mol. The van der Waals surface area contributed by atoms with Crippen LogP contribution in [0.3, 0.4) is 0 Å². The predicted molar refractivity (Wildman–Crippen MR) is 136 cm³/mol. The highest BCUT2D eigenvalue weighted by Crippen LogP contribution is 2.27.